The number of hydrogen-bond acceptors (Lipinski definition) is 5. The summed E-state index contributed by atoms with van der Waals surface area (Å²) >= 11 is 0. The lowest BCUT2D eigenvalue weighted by Crippen LogP contribution is -2.41. The maximum Gasteiger partial charge on any atom is 0.153 e. The molecular formula is C12H19N3O2S. The van der Waals surface area contributed by atoms with Crippen LogP contribution in [0.2, 0.25) is 0 Å². The molecule has 100 valence electrons. The van der Waals surface area contributed by atoms with Gasteiger partial charge in [-0.3, -0.25) is 4.98 Å². The van der Waals surface area contributed by atoms with Gasteiger partial charge in [-0.25, -0.2) is 8.42 Å². The highest BCUT2D eigenvalue weighted by atomic mass is 32.2. The molecule has 1 N–H and O–H groups in total. The van der Waals surface area contributed by atoms with Gasteiger partial charge in [-0.15, -0.1) is 0 Å². The van der Waals surface area contributed by atoms with Gasteiger partial charge in [0, 0.05) is 42.8 Å². The fourth-order valence-electron chi connectivity index (χ4n) is 2.15. The number of sulfone groups is 1. The molecule has 18 heavy (non-hydrogen) atoms. The molecule has 0 aliphatic carbocycles. The monoisotopic (exact) mass is 269 g/mol. The summed E-state index contributed by atoms with van der Waals surface area (Å²) in [7, 11) is -0.939. The normalized spacial score (nSPS) is 18.9. The summed E-state index contributed by atoms with van der Waals surface area (Å²) in [4.78, 5) is 6.44. The van der Waals surface area contributed by atoms with Crippen molar-refractivity contribution in [2.45, 2.75) is 13.5 Å². The average molecular weight is 269 g/mol. The number of nitrogens with one attached hydrogen (secondary N) is 1. The van der Waals surface area contributed by atoms with Crippen molar-refractivity contribution in [3.63, 3.8) is 0 Å². The molecule has 1 aromatic heterocycles. The molecule has 6 heteroatoms. The molecule has 0 atom stereocenters. The Bertz CT molecular complexity index is 514. The van der Waals surface area contributed by atoms with Crippen molar-refractivity contribution in [3.8, 4) is 0 Å². The molecule has 0 radical (unpaired) electrons. The number of pyridine rings is 1. The highest BCUT2D eigenvalue weighted by Gasteiger charge is 2.23. The van der Waals surface area contributed by atoms with Crippen molar-refractivity contribution < 1.29 is 8.42 Å². The third-order valence-electron chi connectivity index (χ3n) is 3.15. The van der Waals surface area contributed by atoms with Crippen LogP contribution in [0.15, 0.2) is 12.3 Å². The van der Waals surface area contributed by atoms with Crippen LogP contribution in [0.5, 0.6) is 0 Å². The Kier molecular flexibility index (Phi) is 3.87. The first-order valence-corrected chi connectivity index (χ1v) is 7.89. The van der Waals surface area contributed by atoms with Gasteiger partial charge < -0.3 is 10.2 Å². The number of hydrogen-bond donors (Lipinski definition) is 1. The van der Waals surface area contributed by atoms with Crippen molar-refractivity contribution in [1.82, 2.24) is 10.3 Å². The van der Waals surface area contributed by atoms with Crippen LogP contribution in [-0.4, -0.2) is 45.0 Å². The van der Waals surface area contributed by atoms with Crippen LogP contribution in [0.4, 0.5) is 5.69 Å². The molecule has 0 aromatic carbocycles. The van der Waals surface area contributed by atoms with Gasteiger partial charge in [0.2, 0.25) is 0 Å². The summed E-state index contributed by atoms with van der Waals surface area (Å²) in [5, 5.41) is 3.11. The number of aryl methyl sites for hydroxylation is 1. The maximum absolute atomic E-state index is 11.5. The van der Waals surface area contributed by atoms with Crippen molar-refractivity contribution in [3.05, 3.63) is 23.5 Å². The van der Waals surface area contributed by atoms with Crippen LogP contribution < -0.4 is 10.2 Å². The van der Waals surface area contributed by atoms with Crippen LogP contribution in [0.3, 0.4) is 0 Å². The molecule has 2 heterocycles. The molecule has 0 unspecified atom stereocenters. The molecular weight excluding hydrogens is 250 g/mol. The predicted octanol–water partition coefficient (Wildman–Crippen LogP) is 0.344. The van der Waals surface area contributed by atoms with E-state index < -0.39 is 9.84 Å². The second-order valence-corrected chi connectivity index (χ2v) is 6.93. The predicted molar refractivity (Wildman–Crippen MR) is 72.6 cm³/mol. The van der Waals surface area contributed by atoms with E-state index in [2.05, 4.69) is 15.2 Å². The van der Waals surface area contributed by atoms with Crippen LogP contribution in [0, 0.1) is 6.92 Å². The molecule has 1 fully saturated rings. The van der Waals surface area contributed by atoms with E-state index in [1.165, 1.54) is 0 Å². The molecule has 0 saturated carbocycles. The maximum atomic E-state index is 11.5. The van der Waals surface area contributed by atoms with Gasteiger partial charge in [-0.05, 0) is 20.0 Å². The lowest BCUT2D eigenvalue weighted by atomic mass is 10.2. The lowest BCUT2D eigenvalue weighted by Gasteiger charge is -2.30. The largest absolute Gasteiger partial charge is 0.369 e. The molecule has 1 saturated heterocycles. The van der Waals surface area contributed by atoms with Gasteiger partial charge in [0.1, 0.15) is 0 Å². The van der Waals surface area contributed by atoms with Gasteiger partial charge in [0.25, 0.3) is 0 Å². The smallest absolute Gasteiger partial charge is 0.153 e. The zero-order valence-electron chi connectivity index (χ0n) is 10.8. The molecule has 0 spiro atoms. The Morgan fingerprint density at radius 2 is 2.06 bits per heavy atom. The second kappa shape index (κ2) is 5.24. The molecule has 2 rings (SSSR count). The standard InChI is InChI=1S/C12H19N3O2S/c1-10-7-12(11(8-13-2)9-14-10)15-3-5-18(16,17)6-4-15/h7,9,13H,3-6,8H2,1-2H3. The lowest BCUT2D eigenvalue weighted by molar-refractivity contribution is 0.586. The molecule has 1 aliphatic heterocycles. The molecule has 1 aliphatic rings. The molecule has 5 nitrogen and oxygen atoms in total. The van der Waals surface area contributed by atoms with Crippen molar-refractivity contribution in [2.75, 3.05) is 36.5 Å². The molecule has 1 aromatic rings. The van der Waals surface area contributed by atoms with Gasteiger partial charge in [-0.2, -0.15) is 0 Å². The van der Waals surface area contributed by atoms with Crippen LogP contribution in [-0.2, 0) is 16.4 Å². The SMILES string of the molecule is CNCc1cnc(C)cc1N1CCS(=O)(=O)CC1. The van der Waals surface area contributed by atoms with Gasteiger partial charge in [-0.1, -0.05) is 0 Å². The highest BCUT2D eigenvalue weighted by Crippen LogP contribution is 2.22. The third kappa shape index (κ3) is 3.00. The van der Waals surface area contributed by atoms with Gasteiger partial charge in [0.15, 0.2) is 9.84 Å². The first-order chi connectivity index (χ1) is 8.52. The minimum atomic E-state index is -2.83. The summed E-state index contributed by atoms with van der Waals surface area (Å²) in [5.74, 6) is 0.487. The van der Waals surface area contributed by atoms with Crippen LogP contribution >= 0.6 is 0 Å². The summed E-state index contributed by atoms with van der Waals surface area (Å²) in [5.41, 5.74) is 3.17. The first-order valence-electron chi connectivity index (χ1n) is 6.07. The minimum absolute atomic E-state index is 0.243. The summed E-state index contributed by atoms with van der Waals surface area (Å²) in [6.07, 6.45) is 1.87. The van der Waals surface area contributed by atoms with E-state index in [1.54, 1.807) is 0 Å². The topological polar surface area (TPSA) is 62.3 Å². The van der Waals surface area contributed by atoms with E-state index in [1.807, 2.05) is 26.2 Å². The second-order valence-electron chi connectivity index (χ2n) is 4.62. The first kappa shape index (κ1) is 13.3. The summed E-state index contributed by atoms with van der Waals surface area (Å²) in [6, 6.07) is 2.03. The Hall–Kier alpha value is -1.14. The van der Waals surface area contributed by atoms with E-state index in [9.17, 15) is 8.42 Å². The summed E-state index contributed by atoms with van der Waals surface area (Å²) < 4.78 is 22.9. The van der Waals surface area contributed by atoms with Gasteiger partial charge >= 0.3 is 0 Å². The van der Waals surface area contributed by atoms with E-state index >= 15 is 0 Å². The quantitative estimate of drug-likeness (QED) is 0.857. The summed E-state index contributed by atoms with van der Waals surface area (Å²) in [6.45, 7) is 3.84. The molecule has 0 amide bonds. The zero-order chi connectivity index (χ0) is 13.2. The van der Waals surface area contributed by atoms with E-state index in [-0.39, 0.29) is 11.5 Å². The fraction of sp³-hybridized carbons (Fsp3) is 0.583. The van der Waals surface area contributed by atoms with Crippen LogP contribution in [0.25, 0.3) is 0 Å². The Balaban J connectivity index is 2.24. The Labute approximate surface area is 108 Å². The fourth-order valence-corrected chi connectivity index (χ4v) is 3.35. The number of rotatable bonds is 3. The highest BCUT2D eigenvalue weighted by molar-refractivity contribution is 7.91. The van der Waals surface area contributed by atoms with Crippen molar-refractivity contribution in [2.24, 2.45) is 0 Å². The Morgan fingerprint density at radius 1 is 1.39 bits per heavy atom. The molecule has 0 bridgehead atoms. The van der Waals surface area contributed by atoms with E-state index in [0.717, 1.165) is 23.5 Å². The minimum Gasteiger partial charge on any atom is -0.369 e. The number of aromatic nitrogens is 1. The van der Waals surface area contributed by atoms with Gasteiger partial charge in [0.05, 0.1) is 11.5 Å². The number of anilines is 1. The van der Waals surface area contributed by atoms with Crippen molar-refractivity contribution in [1.29, 1.82) is 0 Å². The number of nitrogens with zero attached hydrogens (tertiary/aromatic N) is 2. The zero-order valence-corrected chi connectivity index (χ0v) is 11.6. The van der Waals surface area contributed by atoms with Crippen molar-refractivity contribution >= 4 is 15.5 Å². The van der Waals surface area contributed by atoms with Crippen LogP contribution in [0.1, 0.15) is 11.3 Å². The average Bonchev–Trinajstić information content (AvgIpc) is 2.32. The third-order valence-corrected chi connectivity index (χ3v) is 4.76. The van der Waals surface area contributed by atoms with E-state index in [0.29, 0.717) is 13.1 Å². The van der Waals surface area contributed by atoms with E-state index in [4.69, 9.17) is 0 Å². The Morgan fingerprint density at radius 3 is 2.67 bits per heavy atom.